The molecule has 0 spiro atoms. The molecular formula is C18H27N3O5. The molecule has 8 heteroatoms. The number of benzene rings is 1. The molecule has 0 radical (unpaired) electrons. The number of nitrogens with two attached hydrogens (primary N) is 1. The molecule has 2 amide bonds. The minimum atomic E-state index is -0.794. The van der Waals surface area contributed by atoms with Gasteiger partial charge in [-0.25, -0.2) is 0 Å². The molecule has 8 nitrogen and oxygen atoms in total. The third kappa shape index (κ3) is 4.86. The number of rotatable bonds is 6. The van der Waals surface area contributed by atoms with Crippen molar-refractivity contribution in [3.05, 3.63) is 23.8 Å². The highest BCUT2D eigenvalue weighted by Crippen LogP contribution is 2.32. The van der Waals surface area contributed by atoms with Gasteiger partial charge >= 0.3 is 0 Å². The molecule has 2 rings (SSSR count). The van der Waals surface area contributed by atoms with Crippen molar-refractivity contribution in [2.24, 2.45) is 5.73 Å². The summed E-state index contributed by atoms with van der Waals surface area (Å²) in [4.78, 5) is 27.7. The Morgan fingerprint density at radius 3 is 2.62 bits per heavy atom. The minimum Gasteiger partial charge on any atom is -0.493 e. The van der Waals surface area contributed by atoms with Crippen molar-refractivity contribution in [1.82, 2.24) is 9.80 Å². The van der Waals surface area contributed by atoms with Gasteiger partial charge in [-0.1, -0.05) is 6.07 Å². The number of hydrogen-bond acceptors (Lipinski definition) is 6. The lowest BCUT2D eigenvalue weighted by atomic mass is 10.1. The number of carbonyl (C=O) groups excluding carboxylic acids is 2. The van der Waals surface area contributed by atoms with E-state index in [1.54, 1.807) is 23.1 Å². The van der Waals surface area contributed by atoms with Crippen LogP contribution in [0.3, 0.4) is 0 Å². The van der Waals surface area contributed by atoms with Crippen molar-refractivity contribution < 1.29 is 24.2 Å². The van der Waals surface area contributed by atoms with Crippen molar-refractivity contribution in [2.75, 3.05) is 46.4 Å². The summed E-state index contributed by atoms with van der Waals surface area (Å²) < 4.78 is 11.1. The minimum absolute atomic E-state index is 0.120. The van der Waals surface area contributed by atoms with E-state index in [9.17, 15) is 14.7 Å². The van der Waals surface area contributed by atoms with Gasteiger partial charge in [-0.15, -0.1) is 0 Å². The first kappa shape index (κ1) is 20.0. The maximum Gasteiger partial charge on any atom is 0.257 e. The highest BCUT2D eigenvalue weighted by Gasteiger charge is 2.28. The predicted octanol–water partition coefficient (Wildman–Crippen LogP) is 0.0880. The molecule has 26 heavy (non-hydrogen) atoms. The van der Waals surface area contributed by atoms with Crippen molar-refractivity contribution in [3.8, 4) is 11.5 Å². The number of β-amino-alcohol motifs (C(OH)–C–C–N with tert-alkyl or cyclic N) is 1. The first-order chi connectivity index (χ1) is 12.5. The third-order valence-corrected chi connectivity index (χ3v) is 4.26. The van der Waals surface area contributed by atoms with Gasteiger partial charge in [-0.3, -0.25) is 9.59 Å². The molecule has 144 valence electrons. The molecular weight excluding hydrogens is 338 g/mol. The average Bonchev–Trinajstić information content (AvgIpc) is 2.83. The van der Waals surface area contributed by atoms with Gasteiger partial charge in [0.25, 0.3) is 5.91 Å². The van der Waals surface area contributed by atoms with E-state index in [0.717, 1.165) is 0 Å². The number of hydrogen-bond donors (Lipinski definition) is 2. The van der Waals surface area contributed by atoms with E-state index >= 15 is 0 Å². The summed E-state index contributed by atoms with van der Waals surface area (Å²) in [6, 6.07) is 5.12. The van der Waals surface area contributed by atoms with Crippen LogP contribution in [0, 0.1) is 0 Å². The number of para-hydroxylation sites is 1. The number of amides is 2. The highest BCUT2D eigenvalue weighted by molar-refractivity contribution is 5.98. The summed E-state index contributed by atoms with van der Waals surface area (Å²) in [5, 5.41) is 10.2. The Balaban J connectivity index is 2.23. The highest BCUT2D eigenvalue weighted by atomic mass is 16.5. The molecule has 1 aromatic carbocycles. The van der Waals surface area contributed by atoms with Crippen LogP contribution in [-0.2, 0) is 4.79 Å². The van der Waals surface area contributed by atoms with Crippen molar-refractivity contribution in [2.45, 2.75) is 19.4 Å². The molecule has 1 aliphatic rings. The van der Waals surface area contributed by atoms with Gasteiger partial charge < -0.3 is 30.1 Å². The Bertz CT molecular complexity index is 637. The Morgan fingerprint density at radius 2 is 1.96 bits per heavy atom. The Labute approximate surface area is 153 Å². The molecule has 1 heterocycles. The van der Waals surface area contributed by atoms with Gasteiger partial charge in [0.05, 0.1) is 25.4 Å². The van der Waals surface area contributed by atoms with Gasteiger partial charge in [0.1, 0.15) is 0 Å². The summed E-state index contributed by atoms with van der Waals surface area (Å²) in [7, 11) is 1.51. The maximum absolute atomic E-state index is 13.0. The second-order valence-corrected chi connectivity index (χ2v) is 6.20. The summed E-state index contributed by atoms with van der Waals surface area (Å²) in [6.45, 7) is 3.41. The van der Waals surface area contributed by atoms with Crippen LogP contribution >= 0.6 is 0 Å². The van der Waals surface area contributed by atoms with Crippen molar-refractivity contribution >= 4 is 11.8 Å². The average molecular weight is 365 g/mol. The van der Waals surface area contributed by atoms with Crippen molar-refractivity contribution in [1.29, 1.82) is 0 Å². The predicted molar refractivity (Wildman–Crippen MR) is 96.3 cm³/mol. The van der Waals surface area contributed by atoms with Crippen LogP contribution in [0.15, 0.2) is 18.2 Å². The number of methoxy groups -OCH3 is 1. The van der Waals surface area contributed by atoms with Crippen LogP contribution in [0.5, 0.6) is 11.5 Å². The molecule has 3 N–H and O–H groups in total. The molecule has 0 saturated carbocycles. The fourth-order valence-corrected chi connectivity index (χ4v) is 2.88. The Kier molecular flexibility index (Phi) is 7.23. The summed E-state index contributed by atoms with van der Waals surface area (Å²) in [5.41, 5.74) is 5.87. The Morgan fingerprint density at radius 1 is 1.27 bits per heavy atom. The summed E-state index contributed by atoms with van der Waals surface area (Å²) in [6.07, 6.45) is -0.139. The zero-order valence-electron chi connectivity index (χ0n) is 15.3. The summed E-state index contributed by atoms with van der Waals surface area (Å²) in [5.74, 6) is 0.450. The first-order valence-corrected chi connectivity index (χ1v) is 8.70. The lowest BCUT2D eigenvalue weighted by Crippen LogP contribution is -2.38. The molecule has 0 bridgehead atoms. The topological polar surface area (TPSA) is 105 Å². The van der Waals surface area contributed by atoms with Crippen LogP contribution in [0.25, 0.3) is 0 Å². The molecule has 1 saturated heterocycles. The standard InChI is InChI=1S/C18H27N3O5/c1-13(22)20-8-9-21(12-14(23)11-20)18(24)15-5-3-6-16(25-2)17(15)26-10-4-7-19/h3,5-6,14,23H,4,7-12,19H2,1-2H3/t14-/m1/s1. The van der Waals surface area contributed by atoms with Gasteiger partial charge in [-0.05, 0) is 25.1 Å². The molecule has 1 fully saturated rings. The molecule has 0 aromatic heterocycles. The molecule has 1 aliphatic heterocycles. The van der Waals surface area contributed by atoms with Crippen LogP contribution < -0.4 is 15.2 Å². The first-order valence-electron chi connectivity index (χ1n) is 8.70. The van der Waals surface area contributed by atoms with Crippen LogP contribution in [0.1, 0.15) is 23.7 Å². The van der Waals surface area contributed by atoms with E-state index in [-0.39, 0.29) is 24.9 Å². The SMILES string of the molecule is COc1cccc(C(=O)N2CCN(C(C)=O)C[C@@H](O)C2)c1OCCCN. The largest absolute Gasteiger partial charge is 0.493 e. The van der Waals surface area contributed by atoms with E-state index in [0.29, 0.717) is 49.7 Å². The zero-order valence-corrected chi connectivity index (χ0v) is 15.3. The fourth-order valence-electron chi connectivity index (χ4n) is 2.88. The maximum atomic E-state index is 13.0. The zero-order chi connectivity index (χ0) is 19.1. The lowest BCUT2D eigenvalue weighted by Gasteiger charge is -2.23. The van der Waals surface area contributed by atoms with Gasteiger partial charge in [0, 0.05) is 33.1 Å². The number of nitrogens with zero attached hydrogens (tertiary/aromatic N) is 2. The quantitative estimate of drug-likeness (QED) is 0.692. The van der Waals surface area contributed by atoms with Crippen LogP contribution in [-0.4, -0.2) is 79.3 Å². The molecule has 0 aliphatic carbocycles. The van der Waals surface area contributed by atoms with Crippen LogP contribution in [0.2, 0.25) is 0 Å². The van der Waals surface area contributed by atoms with E-state index < -0.39 is 6.10 Å². The van der Waals surface area contributed by atoms with E-state index in [1.165, 1.54) is 18.9 Å². The second kappa shape index (κ2) is 9.40. The Hall–Kier alpha value is -2.32. The van der Waals surface area contributed by atoms with Crippen molar-refractivity contribution in [3.63, 3.8) is 0 Å². The number of ether oxygens (including phenoxy) is 2. The number of aliphatic hydroxyl groups excluding tert-OH is 1. The third-order valence-electron chi connectivity index (χ3n) is 4.26. The molecule has 0 unspecified atom stereocenters. The summed E-state index contributed by atoms with van der Waals surface area (Å²) >= 11 is 0. The van der Waals surface area contributed by atoms with E-state index in [4.69, 9.17) is 15.2 Å². The monoisotopic (exact) mass is 365 g/mol. The number of aliphatic hydroxyl groups is 1. The van der Waals surface area contributed by atoms with Gasteiger partial charge in [0.2, 0.25) is 5.91 Å². The molecule has 1 aromatic rings. The fraction of sp³-hybridized carbons (Fsp3) is 0.556. The normalized spacial score (nSPS) is 17.6. The lowest BCUT2D eigenvalue weighted by molar-refractivity contribution is -0.129. The smallest absolute Gasteiger partial charge is 0.257 e. The van der Waals surface area contributed by atoms with E-state index in [2.05, 4.69) is 0 Å². The van der Waals surface area contributed by atoms with Crippen LogP contribution in [0.4, 0.5) is 0 Å². The molecule has 1 atom stereocenters. The van der Waals surface area contributed by atoms with Gasteiger partial charge in [-0.2, -0.15) is 0 Å². The number of carbonyl (C=O) groups is 2. The van der Waals surface area contributed by atoms with Gasteiger partial charge in [0.15, 0.2) is 11.5 Å². The second-order valence-electron chi connectivity index (χ2n) is 6.20. The van der Waals surface area contributed by atoms with E-state index in [1.807, 2.05) is 0 Å².